The third kappa shape index (κ3) is 4.41. The number of para-hydroxylation sites is 2. The van der Waals surface area contributed by atoms with Crippen LogP contribution < -0.4 is 10.6 Å². The molecule has 0 atom stereocenters. The van der Waals surface area contributed by atoms with Crippen molar-refractivity contribution in [3.63, 3.8) is 0 Å². The van der Waals surface area contributed by atoms with E-state index < -0.39 is 17.6 Å². The number of aromatic nitrogens is 2. The van der Waals surface area contributed by atoms with Crippen LogP contribution in [-0.4, -0.2) is 15.9 Å². The molecule has 0 aliphatic carbocycles. The van der Waals surface area contributed by atoms with E-state index in [1.807, 2.05) is 31.2 Å². The Labute approximate surface area is 153 Å². The van der Waals surface area contributed by atoms with Gasteiger partial charge in [-0.15, -0.1) is 0 Å². The fourth-order valence-corrected chi connectivity index (χ4v) is 2.43. The lowest BCUT2D eigenvalue weighted by Crippen LogP contribution is -2.18. The Morgan fingerprint density at radius 3 is 2.33 bits per heavy atom. The lowest BCUT2D eigenvalue weighted by molar-refractivity contribution is -0.136. The normalized spacial score (nSPS) is 11.1. The van der Waals surface area contributed by atoms with Crippen LogP contribution in [0.2, 0.25) is 0 Å². The fraction of sp³-hybridized carbons (Fsp3) is 0.105. The van der Waals surface area contributed by atoms with Gasteiger partial charge in [0.1, 0.15) is 17.8 Å². The van der Waals surface area contributed by atoms with Crippen LogP contribution in [0.1, 0.15) is 21.6 Å². The van der Waals surface area contributed by atoms with Crippen LogP contribution in [0, 0.1) is 6.92 Å². The molecule has 0 fully saturated rings. The standard InChI is InChI=1S/C19H15F3N4O/c1-12-6-2-4-8-14(12)25-17-10-16(23-11-24-17)18(27)26-15-9-5-3-7-13(15)19(20,21)22/h2-11H,1H3,(H,26,27)(H,23,24,25). The highest BCUT2D eigenvalue weighted by Crippen LogP contribution is 2.34. The van der Waals surface area contributed by atoms with E-state index in [1.165, 1.54) is 30.6 Å². The summed E-state index contributed by atoms with van der Waals surface area (Å²) in [6, 6.07) is 13.6. The molecule has 0 spiro atoms. The number of hydrogen-bond donors (Lipinski definition) is 2. The molecule has 2 aromatic carbocycles. The first-order valence-electron chi connectivity index (χ1n) is 7.97. The van der Waals surface area contributed by atoms with Crippen LogP contribution in [-0.2, 0) is 6.18 Å². The number of halogens is 3. The predicted octanol–water partition coefficient (Wildman–Crippen LogP) is 4.80. The summed E-state index contributed by atoms with van der Waals surface area (Å²) in [7, 11) is 0. The molecular formula is C19H15F3N4O. The lowest BCUT2D eigenvalue weighted by Gasteiger charge is -2.13. The molecule has 0 saturated heterocycles. The second-order valence-electron chi connectivity index (χ2n) is 5.73. The molecule has 0 aliphatic rings. The van der Waals surface area contributed by atoms with E-state index in [0.717, 1.165) is 17.3 Å². The maximum absolute atomic E-state index is 13.1. The Bertz CT molecular complexity index is 973. The van der Waals surface area contributed by atoms with Gasteiger partial charge >= 0.3 is 6.18 Å². The van der Waals surface area contributed by atoms with Gasteiger partial charge in [-0.25, -0.2) is 9.97 Å². The summed E-state index contributed by atoms with van der Waals surface area (Å²) in [5, 5.41) is 5.31. The summed E-state index contributed by atoms with van der Waals surface area (Å²) >= 11 is 0. The molecule has 0 bridgehead atoms. The molecule has 1 aromatic heterocycles. The van der Waals surface area contributed by atoms with Crippen LogP contribution in [0.5, 0.6) is 0 Å². The molecule has 5 nitrogen and oxygen atoms in total. The Morgan fingerprint density at radius 2 is 1.63 bits per heavy atom. The van der Waals surface area contributed by atoms with Gasteiger partial charge in [0.25, 0.3) is 5.91 Å². The predicted molar refractivity (Wildman–Crippen MR) is 95.9 cm³/mol. The smallest absolute Gasteiger partial charge is 0.340 e. The van der Waals surface area contributed by atoms with Crippen molar-refractivity contribution >= 4 is 23.1 Å². The first kappa shape index (κ1) is 18.4. The number of aryl methyl sites for hydroxylation is 1. The molecule has 1 heterocycles. The van der Waals surface area contributed by atoms with Gasteiger partial charge in [-0.1, -0.05) is 30.3 Å². The van der Waals surface area contributed by atoms with Crippen molar-refractivity contribution in [2.45, 2.75) is 13.1 Å². The maximum Gasteiger partial charge on any atom is 0.418 e. The molecule has 27 heavy (non-hydrogen) atoms. The molecule has 8 heteroatoms. The minimum absolute atomic E-state index is 0.0574. The van der Waals surface area contributed by atoms with E-state index in [4.69, 9.17) is 0 Å². The van der Waals surface area contributed by atoms with E-state index in [0.29, 0.717) is 5.82 Å². The summed E-state index contributed by atoms with van der Waals surface area (Å²) in [4.78, 5) is 20.3. The number of benzene rings is 2. The largest absolute Gasteiger partial charge is 0.418 e. The summed E-state index contributed by atoms with van der Waals surface area (Å²) in [6.07, 6.45) is -3.40. The summed E-state index contributed by atoms with van der Waals surface area (Å²) in [5.41, 5.74) is 0.456. The van der Waals surface area contributed by atoms with E-state index in [-0.39, 0.29) is 11.4 Å². The van der Waals surface area contributed by atoms with Crippen LogP contribution in [0.3, 0.4) is 0 Å². The van der Waals surface area contributed by atoms with Crippen molar-refractivity contribution in [3.8, 4) is 0 Å². The highest BCUT2D eigenvalue weighted by atomic mass is 19.4. The third-order valence-electron chi connectivity index (χ3n) is 3.79. The zero-order valence-corrected chi connectivity index (χ0v) is 14.2. The molecule has 0 saturated carbocycles. The van der Waals surface area contributed by atoms with Crippen LogP contribution in [0.15, 0.2) is 60.9 Å². The van der Waals surface area contributed by atoms with Crippen molar-refractivity contribution < 1.29 is 18.0 Å². The van der Waals surface area contributed by atoms with Gasteiger partial charge in [0.2, 0.25) is 0 Å². The maximum atomic E-state index is 13.1. The monoisotopic (exact) mass is 372 g/mol. The highest BCUT2D eigenvalue weighted by Gasteiger charge is 2.33. The van der Waals surface area contributed by atoms with E-state index in [2.05, 4.69) is 20.6 Å². The quantitative estimate of drug-likeness (QED) is 0.690. The number of anilines is 3. The van der Waals surface area contributed by atoms with Gasteiger partial charge in [-0.05, 0) is 30.7 Å². The number of carbonyl (C=O) groups excluding carboxylic acids is 1. The molecule has 3 rings (SSSR count). The molecule has 0 unspecified atom stereocenters. The SMILES string of the molecule is Cc1ccccc1Nc1cc(C(=O)Nc2ccccc2C(F)(F)F)ncn1. The van der Waals surface area contributed by atoms with Crippen molar-refractivity contribution in [2.75, 3.05) is 10.6 Å². The summed E-state index contributed by atoms with van der Waals surface area (Å²) in [6.45, 7) is 1.91. The van der Waals surface area contributed by atoms with Gasteiger partial charge in [-0.3, -0.25) is 4.79 Å². The molecular weight excluding hydrogens is 357 g/mol. The van der Waals surface area contributed by atoms with E-state index in [9.17, 15) is 18.0 Å². The Balaban J connectivity index is 1.82. The van der Waals surface area contributed by atoms with Crippen LogP contribution in [0.25, 0.3) is 0 Å². The average molecular weight is 372 g/mol. The number of alkyl halides is 3. The van der Waals surface area contributed by atoms with Crippen molar-refractivity contribution in [3.05, 3.63) is 77.7 Å². The highest BCUT2D eigenvalue weighted by molar-refractivity contribution is 6.03. The zero-order chi connectivity index (χ0) is 19.4. The Morgan fingerprint density at radius 1 is 0.963 bits per heavy atom. The molecule has 2 N–H and O–H groups in total. The van der Waals surface area contributed by atoms with E-state index in [1.54, 1.807) is 0 Å². The molecule has 0 radical (unpaired) electrons. The summed E-state index contributed by atoms with van der Waals surface area (Å²) in [5.74, 6) is -0.407. The second kappa shape index (κ2) is 7.45. The lowest BCUT2D eigenvalue weighted by atomic mass is 10.1. The minimum atomic E-state index is -4.58. The number of carbonyl (C=O) groups is 1. The number of nitrogens with one attached hydrogen (secondary N) is 2. The van der Waals surface area contributed by atoms with Gasteiger partial charge in [0, 0.05) is 11.8 Å². The van der Waals surface area contributed by atoms with Gasteiger partial charge < -0.3 is 10.6 Å². The molecule has 138 valence electrons. The third-order valence-corrected chi connectivity index (χ3v) is 3.79. The first-order valence-corrected chi connectivity index (χ1v) is 7.97. The average Bonchev–Trinajstić information content (AvgIpc) is 2.63. The molecule has 0 aliphatic heterocycles. The van der Waals surface area contributed by atoms with Crippen molar-refractivity contribution in [1.29, 1.82) is 0 Å². The summed E-state index contributed by atoms with van der Waals surface area (Å²) < 4.78 is 39.2. The molecule has 1 amide bonds. The zero-order valence-electron chi connectivity index (χ0n) is 14.2. The van der Waals surface area contributed by atoms with Crippen molar-refractivity contribution in [1.82, 2.24) is 9.97 Å². The Kier molecular flexibility index (Phi) is 5.07. The second-order valence-corrected chi connectivity index (χ2v) is 5.73. The van der Waals surface area contributed by atoms with E-state index >= 15 is 0 Å². The molecule has 3 aromatic rings. The number of amides is 1. The Hall–Kier alpha value is -3.42. The minimum Gasteiger partial charge on any atom is -0.340 e. The number of hydrogen-bond acceptors (Lipinski definition) is 4. The van der Waals surface area contributed by atoms with Crippen molar-refractivity contribution in [2.24, 2.45) is 0 Å². The van der Waals surface area contributed by atoms with Crippen LogP contribution in [0.4, 0.5) is 30.4 Å². The fourth-order valence-electron chi connectivity index (χ4n) is 2.43. The van der Waals surface area contributed by atoms with Crippen LogP contribution >= 0.6 is 0 Å². The van der Waals surface area contributed by atoms with Gasteiger partial charge in [0.05, 0.1) is 11.3 Å². The first-order chi connectivity index (χ1) is 12.8. The van der Waals surface area contributed by atoms with Gasteiger partial charge in [-0.2, -0.15) is 13.2 Å². The number of rotatable bonds is 4. The topological polar surface area (TPSA) is 66.9 Å². The van der Waals surface area contributed by atoms with Gasteiger partial charge in [0.15, 0.2) is 0 Å². The number of nitrogens with zero attached hydrogens (tertiary/aromatic N) is 2.